The van der Waals surface area contributed by atoms with Crippen molar-refractivity contribution in [2.45, 2.75) is 45.7 Å². The Morgan fingerprint density at radius 2 is 1.83 bits per heavy atom. The molecule has 0 N–H and O–H groups in total. The number of hydrogen-bond donors (Lipinski definition) is 0. The molecule has 0 bridgehead atoms. The molecule has 1 saturated heterocycles. The average Bonchev–Trinajstić information content (AvgIpc) is 3.01. The van der Waals surface area contributed by atoms with Gasteiger partial charge in [0.1, 0.15) is 0 Å². The maximum absolute atomic E-state index is 4.62. The number of piperidine rings is 1. The lowest BCUT2D eigenvalue weighted by Crippen LogP contribution is -2.46. The molecule has 23 heavy (non-hydrogen) atoms. The predicted molar refractivity (Wildman–Crippen MR) is 95.2 cm³/mol. The van der Waals surface area contributed by atoms with E-state index in [4.69, 9.17) is 0 Å². The lowest BCUT2D eigenvalue weighted by molar-refractivity contribution is 0.154. The standard InChI is InChI=1S/C18H24N4S/c1-13-11-14(2)20-18(19-13)21-7-3-16(4-8-21)22-9-5-17-15(12-22)6-10-23-17/h6,10-11,16H,3-5,7-9,12H2,1-2H3. The Bertz CT molecular complexity index is 668. The second-order valence-electron chi connectivity index (χ2n) is 6.76. The molecule has 0 atom stereocenters. The van der Waals surface area contributed by atoms with Gasteiger partial charge in [0.05, 0.1) is 0 Å². The fraction of sp³-hybridized carbons (Fsp3) is 0.556. The first-order chi connectivity index (χ1) is 11.2. The van der Waals surface area contributed by atoms with Gasteiger partial charge in [-0.1, -0.05) is 0 Å². The van der Waals surface area contributed by atoms with Crippen molar-refractivity contribution in [1.29, 1.82) is 0 Å². The van der Waals surface area contributed by atoms with Crippen LogP contribution in [-0.2, 0) is 13.0 Å². The molecule has 0 amide bonds. The highest BCUT2D eigenvalue weighted by Gasteiger charge is 2.28. The summed E-state index contributed by atoms with van der Waals surface area (Å²) in [6.07, 6.45) is 3.67. The minimum Gasteiger partial charge on any atom is -0.341 e. The number of fused-ring (bicyclic) bond motifs is 1. The average molecular weight is 328 g/mol. The molecular weight excluding hydrogens is 304 g/mol. The van der Waals surface area contributed by atoms with E-state index in [2.05, 4.69) is 45.1 Å². The van der Waals surface area contributed by atoms with Crippen molar-refractivity contribution in [3.8, 4) is 0 Å². The zero-order valence-electron chi connectivity index (χ0n) is 14.0. The largest absolute Gasteiger partial charge is 0.341 e. The highest BCUT2D eigenvalue weighted by Crippen LogP contribution is 2.28. The second-order valence-corrected chi connectivity index (χ2v) is 7.76. The quantitative estimate of drug-likeness (QED) is 0.847. The van der Waals surface area contributed by atoms with Crippen molar-refractivity contribution in [3.63, 3.8) is 0 Å². The molecule has 0 saturated carbocycles. The number of nitrogens with zero attached hydrogens (tertiary/aromatic N) is 4. The summed E-state index contributed by atoms with van der Waals surface area (Å²) in [5.74, 6) is 0.916. The SMILES string of the molecule is Cc1cc(C)nc(N2CCC(N3CCc4sccc4C3)CC2)n1. The monoisotopic (exact) mass is 328 g/mol. The summed E-state index contributed by atoms with van der Waals surface area (Å²) in [7, 11) is 0. The van der Waals surface area contributed by atoms with Crippen molar-refractivity contribution < 1.29 is 0 Å². The smallest absolute Gasteiger partial charge is 0.225 e. The van der Waals surface area contributed by atoms with Gasteiger partial charge in [-0.25, -0.2) is 9.97 Å². The number of aromatic nitrogens is 2. The van der Waals surface area contributed by atoms with Gasteiger partial charge in [0.15, 0.2) is 0 Å². The van der Waals surface area contributed by atoms with Crippen LogP contribution in [0, 0.1) is 13.8 Å². The van der Waals surface area contributed by atoms with E-state index in [9.17, 15) is 0 Å². The van der Waals surface area contributed by atoms with E-state index in [1.54, 1.807) is 10.4 Å². The molecule has 0 spiro atoms. The zero-order chi connectivity index (χ0) is 15.8. The fourth-order valence-corrected chi connectivity index (χ4v) is 4.75. The second kappa shape index (κ2) is 6.21. The third kappa shape index (κ3) is 3.12. The fourth-order valence-electron chi connectivity index (χ4n) is 3.86. The molecule has 0 aliphatic carbocycles. The van der Waals surface area contributed by atoms with Crippen LogP contribution in [0.5, 0.6) is 0 Å². The Hall–Kier alpha value is -1.46. The van der Waals surface area contributed by atoms with Gasteiger partial charge in [-0.15, -0.1) is 11.3 Å². The summed E-state index contributed by atoms with van der Waals surface area (Å²) in [4.78, 5) is 15.9. The van der Waals surface area contributed by atoms with Gasteiger partial charge in [0.25, 0.3) is 0 Å². The van der Waals surface area contributed by atoms with Gasteiger partial charge >= 0.3 is 0 Å². The first-order valence-electron chi connectivity index (χ1n) is 8.55. The van der Waals surface area contributed by atoms with Crippen molar-refractivity contribution in [2.24, 2.45) is 0 Å². The third-order valence-corrected chi connectivity index (χ3v) is 6.09. The molecule has 5 heteroatoms. The van der Waals surface area contributed by atoms with Gasteiger partial charge in [0, 0.05) is 48.5 Å². The number of rotatable bonds is 2. The van der Waals surface area contributed by atoms with E-state index in [-0.39, 0.29) is 0 Å². The molecule has 1 fully saturated rings. The van der Waals surface area contributed by atoms with Crippen LogP contribution in [0.15, 0.2) is 17.5 Å². The van der Waals surface area contributed by atoms with Crippen LogP contribution in [0.1, 0.15) is 34.7 Å². The van der Waals surface area contributed by atoms with Crippen LogP contribution in [0.3, 0.4) is 0 Å². The van der Waals surface area contributed by atoms with Crippen LogP contribution in [-0.4, -0.2) is 40.5 Å². The molecule has 2 aromatic rings. The zero-order valence-corrected chi connectivity index (χ0v) is 14.8. The van der Waals surface area contributed by atoms with E-state index in [1.165, 1.54) is 25.8 Å². The van der Waals surface area contributed by atoms with Crippen LogP contribution < -0.4 is 4.90 Å². The third-order valence-electron chi connectivity index (χ3n) is 5.07. The Morgan fingerprint density at radius 3 is 2.57 bits per heavy atom. The number of anilines is 1. The summed E-state index contributed by atoms with van der Waals surface area (Å²) in [5, 5.41) is 2.24. The number of thiophene rings is 1. The van der Waals surface area contributed by atoms with Gasteiger partial charge in [0.2, 0.25) is 5.95 Å². The molecule has 122 valence electrons. The maximum atomic E-state index is 4.62. The highest BCUT2D eigenvalue weighted by atomic mass is 32.1. The van der Waals surface area contributed by atoms with Gasteiger partial charge in [-0.3, -0.25) is 4.90 Å². The minimum atomic E-state index is 0.713. The molecule has 4 nitrogen and oxygen atoms in total. The highest BCUT2D eigenvalue weighted by molar-refractivity contribution is 7.10. The number of hydrogen-bond acceptors (Lipinski definition) is 5. The molecule has 2 aliphatic rings. The van der Waals surface area contributed by atoms with E-state index >= 15 is 0 Å². The maximum Gasteiger partial charge on any atom is 0.225 e. The summed E-state index contributed by atoms with van der Waals surface area (Å²) in [6.45, 7) is 8.61. The summed E-state index contributed by atoms with van der Waals surface area (Å²) in [6, 6.07) is 5.07. The van der Waals surface area contributed by atoms with Crippen LogP contribution in [0.25, 0.3) is 0 Å². The van der Waals surface area contributed by atoms with Crippen LogP contribution in [0.4, 0.5) is 5.95 Å². The first-order valence-corrected chi connectivity index (χ1v) is 9.43. The normalized spacial score (nSPS) is 19.8. The predicted octanol–water partition coefficient (Wildman–Crippen LogP) is 3.18. The Balaban J connectivity index is 1.39. The van der Waals surface area contributed by atoms with Crippen LogP contribution >= 0.6 is 11.3 Å². The molecule has 0 radical (unpaired) electrons. The van der Waals surface area contributed by atoms with E-state index < -0.39 is 0 Å². The van der Waals surface area contributed by atoms with E-state index in [0.29, 0.717) is 6.04 Å². The van der Waals surface area contributed by atoms with Crippen molar-refractivity contribution >= 4 is 17.3 Å². The minimum absolute atomic E-state index is 0.713. The topological polar surface area (TPSA) is 32.3 Å². The van der Waals surface area contributed by atoms with Gasteiger partial charge in [-0.05, 0) is 56.2 Å². The van der Waals surface area contributed by atoms with Crippen molar-refractivity contribution in [2.75, 3.05) is 24.5 Å². The Kier molecular flexibility index (Phi) is 4.07. The molecule has 0 unspecified atom stereocenters. The van der Waals surface area contributed by atoms with Crippen LogP contribution in [0.2, 0.25) is 0 Å². The Morgan fingerprint density at radius 1 is 1.09 bits per heavy atom. The van der Waals surface area contributed by atoms with Gasteiger partial charge in [-0.2, -0.15) is 0 Å². The number of aryl methyl sites for hydroxylation is 2. The lowest BCUT2D eigenvalue weighted by Gasteiger charge is -2.40. The molecule has 0 aromatic carbocycles. The summed E-state index contributed by atoms with van der Waals surface area (Å²) in [5.41, 5.74) is 3.69. The lowest BCUT2D eigenvalue weighted by atomic mass is 10.00. The van der Waals surface area contributed by atoms with E-state index in [0.717, 1.165) is 37.0 Å². The van der Waals surface area contributed by atoms with Crippen molar-refractivity contribution in [3.05, 3.63) is 39.3 Å². The summed E-state index contributed by atoms with van der Waals surface area (Å²) >= 11 is 1.92. The Labute approximate surface area is 142 Å². The molecular formula is C18H24N4S. The summed E-state index contributed by atoms with van der Waals surface area (Å²) < 4.78 is 0. The van der Waals surface area contributed by atoms with Gasteiger partial charge < -0.3 is 4.90 Å². The molecule has 4 heterocycles. The molecule has 2 aromatic heterocycles. The van der Waals surface area contributed by atoms with E-state index in [1.807, 2.05) is 17.4 Å². The first kappa shape index (κ1) is 15.1. The van der Waals surface area contributed by atoms with Crippen molar-refractivity contribution in [1.82, 2.24) is 14.9 Å². The molecule has 4 rings (SSSR count). The molecule has 2 aliphatic heterocycles.